The molecule has 0 aliphatic heterocycles. The van der Waals surface area contributed by atoms with Crippen molar-refractivity contribution >= 4 is 50.7 Å². The predicted octanol–water partition coefficient (Wildman–Crippen LogP) is 2.24. The number of fused-ring (bicyclic) bond motifs is 1. The van der Waals surface area contributed by atoms with E-state index >= 15 is 0 Å². The maximum atomic E-state index is 11.6. The molecular formula is C16H18N3NaO4S. The van der Waals surface area contributed by atoms with E-state index < -0.39 is 10.1 Å². The van der Waals surface area contributed by atoms with Gasteiger partial charge < -0.3 is 5.11 Å². The molecule has 0 saturated heterocycles. The average Bonchev–Trinajstić information content (AvgIpc) is 2.97. The summed E-state index contributed by atoms with van der Waals surface area (Å²) >= 11 is 0. The van der Waals surface area contributed by atoms with Gasteiger partial charge in [0.15, 0.2) is 0 Å². The molecule has 1 unspecified atom stereocenters. The Morgan fingerprint density at radius 1 is 1.16 bits per heavy atom. The Bertz CT molecular complexity index is 984. The van der Waals surface area contributed by atoms with E-state index in [9.17, 15) is 18.1 Å². The molecule has 2 aromatic carbocycles. The normalized spacial score (nSPS) is 12.8. The van der Waals surface area contributed by atoms with Crippen LogP contribution in [-0.4, -0.2) is 62.6 Å². The van der Waals surface area contributed by atoms with E-state index in [1.165, 1.54) is 10.9 Å². The number of hydrogen-bond acceptors (Lipinski definition) is 5. The van der Waals surface area contributed by atoms with Crippen molar-refractivity contribution in [1.29, 1.82) is 0 Å². The topological polar surface area (TPSA) is 105 Å². The molecule has 3 aromatic rings. The van der Waals surface area contributed by atoms with Crippen molar-refractivity contribution in [2.45, 2.75) is 31.1 Å². The summed E-state index contributed by atoms with van der Waals surface area (Å²) in [6.07, 6.45) is 0.691. The summed E-state index contributed by atoms with van der Waals surface area (Å²) < 4.78 is 32.6. The molecule has 7 nitrogen and oxygen atoms in total. The minimum atomic E-state index is -4.42. The zero-order valence-electron chi connectivity index (χ0n) is 13.2. The van der Waals surface area contributed by atoms with Gasteiger partial charge in [0.2, 0.25) is 0 Å². The molecule has 0 fully saturated rings. The van der Waals surface area contributed by atoms with Crippen molar-refractivity contribution in [2.75, 3.05) is 0 Å². The SMILES string of the molecule is CCC(C)c1cc(S(=O)(=O)O)cc(-n2nc3ccccc3n2)c1O.[NaH]. The van der Waals surface area contributed by atoms with Gasteiger partial charge in [-0.15, -0.1) is 15.0 Å². The molecule has 0 bridgehead atoms. The molecule has 2 N–H and O–H groups in total. The van der Waals surface area contributed by atoms with Crippen LogP contribution in [0.3, 0.4) is 0 Å². The van der Waals surface area contributed by atoms with Gasteiger partial charge in [0, 0.05) is 5.56 Å². The van der Waals surface area contributed by atoms with Crippen LogP contribution < -0.4 is 0 Å². The molecule has 0 aliphatic carbocycles. The Kier molecular flexibility index (Phi) is 5.90. The van der Waals surface area contributed by atoms with Gasteiger partial charge in [-0.25, -0.2) is 0 Å². The van der Waals surface area contributed by atoms with Gasteiger partial charge in [-0.1, -0.05) is 26.0 Å². The molecule has 1 heterocycles. The van der Waals surface area contributed by atoms with Gasteiger partial charge in [-0.05, 0) is 36.6 Å². The van der Waals surface area contributed by atoms with Crippen LogP contribution in [0.4, 0.5) is 0 Å². The summed E-state index contributed by atoms with van der Waals surface area (Å²) in [6, 6.07) is 9.58. The Morgan fingerprint density at radius 3 is 2.20 bits per heavy atom. The van der Waals surface area contributed by atoms with Gasteiger partial charge in [0.05, 0.1) is 4.90 Å². The van der Waals surface area contributed by atoms with Crippen molar-refractivity contribution in [3.63, 3.8) is 0 Å². The molecule has 1 atom stereocenters. The molecule has 25 heavy (non-hydrogen) atoms. The van der Waals surface area contributed by atoms with Crippen LogP contribution in [0.5, 0.6) is 5.75 Å². The van der Waals surface area contributed by atoms with Crippen LogP contribution in [0.2, 0.25) is 0 Å². The Hall–Kier alpha value is -1.45. The third-order valence-electron chi connectivity index (χ3n) is 4.04. The quantitative estimate of drug-likeness (QED) is 0.538. The van der Waals surface area contributed by atoms with Crippen molar-refractivity contribution in [2.24, 2.45) is 0 Å². The van der Waals surface area contributed by atoms with Crippen LogP contribution in [0, 0.1) is 0 Å². The summed E-state index contributed by atoms with van der Waals surface area (Å²) in [6.45, 7) is 3.78. The van der Waals surface area contributed by atoms with Crippen LogP contribution in [0.15, 0.2) is 41.3 Å². The average molecular weight is 371 g/mol. The first-order valence-corrected chi connectivity index (χ1v) is 8.92. The van der Waals surface area contributed by atoms with Gasteiger partial charge in [0.25, 0.3) is 10.1 Å². The monoisotopic (exact) mass is 371 g/mol. The zero-order valence-corrected chi connectivity index (χ0v) is 14.0. The van der Waals surface area contributed by atoms with Gasteiger partial charge >= 0.3 is 29.6 Å². The van der Waals surface area contributed by atoms with E-state index in [2.05, 4.69) is 10.2 Å². The molecule has 9 heteroatoms. The molecule has 0 aliphatic rings. The van der Waals surface area contributed by atoms with Crippen molar-refractivity contribution in [1.82, 2.24) is 15.0 Å². The number of aromatic hydroxyl groups is 1. The summed E-state index contributed by atoms with van der Waals surface area (Å²) in [4.78, 5) is 0.882. The van der Waals surface area contributed by atoms with Crippen LogP contribution in [0.25, 0.3) is 16.7 Å². The number of aromatic nitrogens is 3. The summed E-state index contributed by atoms with van der Waals surface area (Å²) in [5.74, 6) is -0.201. The van der Waals surface area contributed by atoms with Gasteiger partial charge in [-0.3, -0.25) is 4.55 Å². The van der Waals surface area contributed by atoms with Crippen molar-refractivity contribution in [3.05, 3.63) is 42.0 Å². The predicted molar refractivity (Wildman–Crippen MR) is 96.2 cm³/mol. The second kappa shape index (κ2) is 7.43. The van der Waals surface area contributed by atoms with Gasteiger partial charge in [0.1, 0.15) is 22.5 Å². The molecule has 0 saturated carbocycles. The Morgan fingerprint density at radius 2 is 1.72 bits per heavy atom. The fraction of sp³-hybridized carbons (Fsp3) is 0.250. The molecule has 1 aromatic heterocycles. The minimum absolute atomic E-state index is 0. The number of rotatable bonds is 4. The molecule has 0 spiro atoms. The maximum absolute atomic E-state index is 11.6. The standard InChI is InChI=1S/C16H17N3O4S.Na.H/c1-3-10(2)12-8-11(24(21,22)23)9-15(16(12)20)19-17-13-6-4-5-7-14(13)18-19;;/h4-10,20H,3H2,1-2H3,(H,21,22,23);;. The summed E-state index contributed by atoms with van der Waals surface area (Å²) in [7, 11) is -4.42. The first-order valence-electron chi connectivity index (χ1n) is 7.48. The Balaban J connectivity index is 0.00000225. The summed E-state index contributed by atoms with van der Waals surface area (Å²) in [5, 5.41) is 19.1. The molecule has 3 rings (SSSR count). The number of phenolic OH excluding ortho intramolecular Hbond substituents is 1. The first-order chi connectivity index (χ1) is 11.3. The van der Waals surface area contributed by atoms with E-state index in [-0.39, 0.29) is 51.8 Å². The second-order valence-electron chi connectivity index (χ2n) is 5.64. The second-order valence-corrected chi connectivity index (χ2v) is 7.06. The van der Waals surface area contributed by atoms with E-state index in [1.54, 1.807) is 24.3 Å². The number of nitrogens with zero attached hydrogens (tertiary/aromatic N) is 3. The molecule has 0 amide bonds. The summed E-state index contributed by atoms with van der Waals surface area (Å²) in [5.41, 5.74) is 1.75. The van der Waals surface area contributed by atoms with Crippen molar-refractivity contribution in [3.8, 4) is 11.4 Å². The third-order valence-corrected chi connectivity index (χ3v) is 4.87. The van der Waals surface area contributed by atoms with Crippen LogP contribution >= 0.6 is 0 Å². The number of benzene rings is 2. The van der Waals surface area contributed by atoms with E-state index in [0.717, 1.165) is 6.07 Å². The van der Waals surface area contributed by atoms with Crippen LogP contribution in [0.1, 0.15) is 31.7 Å². The van der Waals surface area contributed by atoms with E-state index in [4.69, 9.17) is 0 Å². The number of hydrogen-bond donors (Lipinski definition) is 2. The Labute approximate surface area is 167 Å². The molecule has 128 valence electrons. The molecule has 0 radical (unpaired) electrons. The van der Waals surface area contributed by atoms with Crippen molar-refractivity contribution < 1.29 is 18.1 Å². The van der Waals surface area contributed by atoms with Gasteiger partial charge in [-0.2, -0.15) is 8.42 Å². The number of phenols is 1. The van der Waals surface area contributed by atoms with Crippen LogP contribution in [-0.2, 0) is 10.1 Å². The molecular weight excluding hydrogens is 353 g/mol. The van der Waals surface area contributed by atoms with E-state index in [1.807, 2.05) is 13.8 Å². The fourth-order valence-corrected chi connectivity index (χ4v) is 3.02. The van der Waals surface area contributed by atoms with E-state index in [0.29, 0.717) is 23.0 Å². The third kappa shape index (κ3) is 3.88. The first kappa shape index (κ1) is 19.9. The fourth-order valence-electron chi connectivity index (χ4n) is 2.48. The zero-order chi connectivity index (χ0) is 17.5.